The third-order valence-corrected chi connectivity index (χ3v) is 3.96. The Morgan fingerprint density at radius 3 is 2.56 bits per heavy atom. The second kappa shape index (κ2) is 7.44. The lowest BCUT2D eigenvalue weighted by atomic mass is 10.0. The Labute approximate surface area is 113 Å². The van der Waals surface area contributed by atoms with Gasteiger partial charge in [-0.05, 0) is 19.4 Å². The summed E-state index contributed by atoms with van der Waals surface area (Å²) in [6.45, 7) is 6.32. The molecule has 2 atom stereocenters. The molecule has 0 bridgehead atoms. The van der Waals surface area contributed by atoms with Crippen molar-refractivity contribution in [3.63, 3.8) is 0 Å². The van der Waals surface area contributed by atoms with E-state index in [1.54, 1.807) is 0 Å². The fourth-order valence-corrected chi connectivity index (χ4v) is 2.41. The zero-order valence-electron chi connectivity index (χ0n) is 11.2. The fourth-order valence-electron chi connectivity index (χ4n) is 1.57. The summed E-state index contributed by atoms with van der Waals surface area (Å²) in [7, 11) is 0. The van der Waals surface area contributed by atoms with E-state index in [0.717, 1.165) is 5.56 Å². The minimum absolute atomic E-state index is 0.0648. The third kappa shape index (κ3) is 4.70. The largest absolute Gasteiger partial charge is 0.465 e. The van der Waals surface area contributed by atoms with Crippen molar-refractivity contribution in [1.82, 2.24) is 0 Å². The zero-order chi connectivity index (χ0) is 13.5. The molecule has 4 heteroatoms. The number of nitrogens with two attached hydrogens (primary N) is 1. The first-order valence-corrected chi connectivity index (χ1v) is 7.18. The summed E-state index contributed by atoms with van der Waals surface area (Å²) in [6.07, 6.45) is 0. The van der Waals surface area contributed by atoms with Gasteiger partial charge in [-0.1, -0.05) is 36.8 Å². The lowest BCUT2D eigenvalue weighted by molar-refractivity contribution is -0.139. The Kier molecular flexibility index (Phi) is 6.22. The van der Waals surface area contributed by atoms with Gasteiger partial charge in [-0.25, -0.2) is 0 Å². The normalized spacial score (nSPS) is 14.0. The van der Waals surface area contributed by atoms with Crippen LogP contribution in [0, 0.1) is 6.92 Å². The van der Waals surface area contributed by atoms with E-state index >= 15 is 0 Å². The number of carbonyl (C=O) groups excluding carboxylic acids is 1. The third-order valence-electron chi connectivity index (χ3n) is 2.74. The molecule has 0 fully saturated rings. The van der Waals surface area contributed by atoms with Crippen molar-refractivity contribution in [2.75, 3.05) is 12.4 Å². The summed E-state index contributed by atoms with van der Waals surface area (Å²) >= 11 is 1.53. The maximum absolute atomic E-state index is 11.3. The molecule has 2 unspecified atom stereocenters. The predicted molar refractivity (Wildman–Crippen MR) is 76.7 cm³/mol. The standard InChI is InChI=1S/C14H21NO2S/c1-4-17-13(16)9-18-11(3)14(15)12-7-5-10(2)6-8-12/h5-8,11,14H,4,9,15H2,1-3H3. The number of carbonyl (C=O) groups is 1. The first-order chi connectivity index (χ1) is 8.54. The molecule has 1 aromatic carbocycles. The maximum atomic E-state index is 11.3. The van der Waals surface area contributed by atoms with Crippen molar-refractivity contribution in [2.45, 2.75) is 32.1 Å². The number of aryl methyl sites for hydroxylation is 1. The van der Waals surface area contributed by atoms with E-state index in [-0.39, 0.29) is 17.3 Å². The SMILES string of the molecule is CCOC(=O)CSC(C)C(N)c1ccc(C)cc1. The fraction of sp³-hybridized carbons (Fsp3) is 0.500. The molecule has 0 saturated heterocycles. The number of hydrogen-bond acceptors (Lipinski definition) is 4. The van der Waals surface area contributed by atoms with Crippen LogP contribution in [0.25, 0.3) is 0 Å². The highest BCUT2D eigenvalue weighted by Crippen LogP contribution is 2.24. The van der Waals surface area contributed by atoms with Gasteiger partial charge in [0.05, 0.1) is 12.4 Å². The van der Waals surface area contributed by atoms with Crippen LogP contribution >= 0.6 is 11.8 Å². The van der Waals surface area contributed by atoms with Crippen LogP contribution in [-0.2, 0) is 9.53 Å². The lowest BCUT2D eigenvalue weighted by Crippen LogP contribution is -2.22. The van der Waals surface area contributed by atoms with Gasteiger partial charge in [0.15, 0.2) is 0 Å². The highest BCUT2D eigenvalue weighted by atomic mass is 32.2. The summed E-state index contributed by atoms with van der Waals surface area (Å²) in [5.41, 5.74) is 8.50. The number of hydrogen-bond donors (Lipinski definition) is 1. The van der Waals surface area contributed by atoms with Crippen molar-refractivity contribution >= 4 is 17.7 Å². The number of thioether (sulfide) groups is 1. The second-order valence-electron chi connectivity index (χ2n) is 4.26. The summed E-state index contributed by atoms with van der Waals surface area (Å²) in [5, 5.41) is 0.178. The Morgan fingerprint density at radius 1 is 1.39 bits per heavy atom. The highest BCUT2D eigenvalue weighted by Gasteiger charge is 2.16. The number of esters is 1. The van der Waals surface area contributed by atoms with Gasteiger partial charge in [-0.2, -0.15) is 0 Å². The van der Waals surface area contributed by atoms with E-state index in [1.807, 2.05) is 32.9 Å². The minimum Gasteiger partial charge on any atom is -0.465 e. The summed E-state index contributed by atoms with van der Waals surface area (Å²) in [5.74, 6) is 0.180. The van der Waals surface area contributed by atoms with Gasteiger partial charge in [-0.15, -0.1) is 11.8 Å². The van der Waals surface area contributed by atoms with Crippen molar-refractivity contribution in [3.05, 3.63) is 35.4 Å². The summed E-state index contributed by atoms with van der Waals surface area (Å²) < 4.78 is 4.89. The van der Waals surface area contributed by atoms with Gasteiger partial charge in [0.1, 0.15) is 0 Å². The Bertz CT molecular complexity index is 378. The first kappa shape index (κ1) is 15.1. The van der Waals surface area contributed by atoms with Crippen LogP contribution in [0.1, 0.15) is 31.0 Å². The van der Waals surface area contributed by atoms with Crippen molar-refractivity contribution in [3.8, 4) is 0 Å². The van der Waals surface area contributed by atoms with Gasteiger partial charge in [-0.3, -0.25) is 4.79 Å². The molecule has 18 heavy (non-hydrogen) atoms. The van der Waals surface area contributed by atoms with Crippen LogP contribution in [0.15, 0.2) is 24.3 Å². The molecule has 1 rings (SSSR count). The van der Waals surface area contributed by atoms with Crippen molar-refractivity contribution in [2.24, 2.45) is 5.73 Å². The van der Waals surface area contributed by atoms with Crippen molar-refractivity contribution in [1.29, 1.82) is 0 Å². The van der Waals surface area contributed by atoms with Gasteiger partial charge in [0, 0.05) is 11.3 Å². The molecule has 0 saturated carbocycles. The van der Waals surface area contributed by atoms with Crippen LogP contribution in [-0.4, -0.2) is 23.6 Å². The predicted octanol–water partition coefficient (Wildman–Crippen LogP) is 2.68. The summed E-state index contributed by atoms with van der Waals surface area (Å²) in [6, 6.07) is 8.13. The average molecular weight is 267 g/mol. The molecule has 0 heterocycles. The molecular formula is C14H21NO2S. The van der Waals surface area contributed by atoms with Gasteiger partial charge >= 0.3 is 5.97 Å². The molecule has 0 aliphatic carbocycles. The van der Waals surface area contributed by atoms with E-state index in [0.29, 0.717) is 12.4 Å². The quantitative estimate of drug-likeness (QED) is 0.805. The van der Waals surface area contributed by atoms with Gasteiger partial charge < -0.3 is 10.5 Å². The molecule has 0 spiro atoms. The van der Waals surface area contributed by atoms with E-state index in [4.69, 9.17) is 10.5 Å². The second-order valence-corrected chi connectivity index (χ2v) is 5.62. The first-order valence-electron chi connectivity index (χ1n) is 6.14. The van der Waals surface area contributed by atoms with Gasteiger partial charge in [0.25, 0.3) is 0 Å². The molecule has 3 nitrogen and oxygen atoms in total. The topological polar surface area (TPSA) is 52.3 Å². The molecule has 100 valence electrons. The highest BCUT2D eigenvalue weighted by molar-refractivity contribution is 8.00. The lowest BCUT2D eigenvalue weighted by Gasteiger charge is -2.19. The van der Waals surface area contributed by atoms with Gasteiger partial charge in [0.2, 0.25) is 0 Å². The van der Waals surface area contributed by atoms with Crippen LogP contribution < -0.4 is 5.73 Å². The number of rotatable bonds is 6. The van der Waals surface area contributed by atoms with E-state index < -0.39 is 0 Å². The molecule has 0 radical (unpaired) electrons. The Hall–Kier alpha value is -1.00. The summed E-state index contributed by atoms with van der Waals surface area (Å²) in [4.78, 5) is 11.3. The number of benzene rings is 1. The molecule has 2 N–H and O–H groups in total. The van der Waals surface area contributed by atoms with E-state index in [2.05, 4.69) is 12.1 Å². The van der Waals surface area contributed by atoms with Crippen LogP contribution in [0.5, 0.6) is 0 Å². The molecule has 0 aromatic heterocycles. The van der Waals surface area contributed by atoms with Crippen LogP contribution in [0.2, 0.25) is 0 Å². The van der Waals surface area contributed by atoms with Crippen LogP contribution in [0.4, 0.5) is 0 Å². The molecule has 0 amide bonds. The zero-order valence-corrected chi connectivity index (χ0v) is 12.0. The van der Waals surface area contributed by atoms with E-state index in [1.165, 1.54) is 17.3 Å². The monoisotopic (exact) mass is 267 g/mol. The maximum Gasteiger partial charge on any atom is 0.315 e. The minimum atomic E-state index is -0.176. The average Bonchev–Trinajstić information content (AvgIpc) is 2.36. The van der Waals surface area contributed by atoms with Crippen LogP contribution in [0.3, 0.4) is 0 Å². The molecular weight excluding hydrogens is 246 g/mol. The Balaban J connectivity index is 2.48. The number of ether oxygens (including phenoxy) is 1. The van der Waals surface area contributed by atoms with Crippen molar-refractivity contribution < 1.29 is 9.53 Å². The smallest absolute Gasteiger partial charge is 0.315 e. The Morgan fingerprint density at radius 2 is 2.00 bits per heavy atom. The molecule has 0 aliphatic heterocycles. The molecule has 0 aliphatic rings. The molecule has 1 aromatic rings. The van der Waals surface area contributed by atoms with E-state index in [9.17, 15) is 4.79 Å².